The number of rotatable bonds is 0. The van der Waals surface area contributed by atoms with Crippen LogP contribution in [0.2, 0.25) is 0 Å². The normalized spacial score (nSPS) is 29.5. The molecule has 0 spiro atoms. The van der Waals surface area contributed by atoms with Crippen molar-refractivity contribution < 1.29 is 0 Å². The van der Waals surface area contributed by atoms with Crippen LogP contribution >= 0.6 is 0 Å². The van der Waals surface area contributed by atoms with Gasteiger partial charge in [-0.2, -0.15) is 0 Å². The van der Waals surface area contributed by atoms with Crippen LogP contribution in [0.4, 0.5) is 0 Å². The summed E-state index contributed by atoms with van der Waals surface area (Å²) < 4.78 is 0. The summed E-state index contributed by atoms with van der Waals surface area (Å²) in [6, 6.07) is 0. The lowest BCUT2D eigenvalue weighted by Crippen LogP contribution is -2.41. The summed E-state index contributed by atoms with van der Waals surface area (Å²) in [5.74, 6) is 0. The van der Waals surface area contributed by atoms with E-state index in [1.807, 2.05) is 0 Å². The molecule has 1 aliphatic rings. The SMILES string of the molecule is CC1(C)CCCC(C)(C)NC1. The van der Waals surface area contributed by atoms with Gasteiger partial charge in [0.1, 0.15) is 0 Å². The first-order valence-electron chi connectivity index (χ1n) is 4.66. The van der Waals surface area contributed by atoms with E-state index in [2.05, 4.69) is 33.0 Å². The second-order valence-corrected chi connectivity index (χ2v) is 5.26. The minimum Gasteiger partial charge on any atom is -0.311 e. The quantitative estimate of drug-likeness (QED) is 0.567. The highest BCUT2D eigenvalue weighted by atomic mass is 15.0. The first-order chi connectivity index (χ1) is 4.91. The molecule has 0 saturated carbocycles. The highest BCUT2D eigenvalue weighted by Crippen LogP contribution is 2.29. The van der Waals surface area contributed by atoms with Crippen LogP contribution in [-0.4, -0.2) is 12.1 Å². The Balaban J connectivity index is 2.53. The molecule has 1 rings (SSSR count). The highest BCUT2D eigenvalue weighted by Gasteiger charge is 2.27. The Morgan fingerprint density at radius 3 is 2.27 bits per heavy atom. The summed E-state index contributed by atoms with van der Waals surface area (Å²) >= 11 is 0. The van der Waals surface area contributed by atoms with E-state index in [1.165, 1.54) is 25.8 Å². The maximum atomic E-state index is 3.61. The molecule has 1 N–H and O–H groups in total. The third kappa shape index (κ3) is 2.82. The lowest BCUT2D eigenvalue weighted by atomic mass is 9.88. The molecule has 1 fully saturated rings. The number of hydrogen-bond acceptors (Lipinski definition) is 1. The van der Waals surface area contributed by atoms with Crippen molar-refractivity contribution in [1.29, 1.82) is 0 Å². The van der Waals surface area contributed by atoms with E-state index in [-0.39, 0.29) is 0 Å². The summed E-state index contributed by atoms with van der Waals surface area (Å²) in [6.07, 6.45) is 4.05. The van der Waals surface area contributed by atoms with Crippen molar-refractivity contribution in [2.75, 3.05) is 6.54 Å². The molecule has 0 aromatic rings. The topological polar surface area (TPSA) is 12.0 Å². The molecule has 11 heavy (non-hydrogen) atoms. The minimum atomic E-state index is 0.369. The zero-order valence-electron chi connectivity index (χ0n) is 8.33. The summed E-state index contributed by atoms with van der Waals surface area (Å²) in [6.45, 7) is 10.5. The molecule has 1 nitrogen and oxygen atoms in total. The molecule has 0 amide bonds. The van der Waals surface area contributed by atoms with E-state index < -0.39 is 0 Å². The molecule has 0 aromatic carbocycles. The average Bonchev–Trinajstić information content (AvgIpc) is 1.92. The van der Waals surface area contributed by atoms with Gasteiger partial charge in [-0.05, 0) is 32.1 Å². The number of hydrogen-bond donors (Lipinski definition) is 1. The maximum absolute atomic E-state index is 3.61. The summed E-state index contributed by atoms with van der Waals surface area (Å²) in [5.41, 5.74) is 0.877. The second-order valence-electron chi connectivity index (χ2n) is 5.26. The van der Waals surface area contributed by atoms with E-state index in [0.29, 0.717) is 11.0 Å². The van der Waals surface area contributed by atoms with Crippen molar-refractivity contribution in [2.45, 2.75) is 52.5 Å². The van der Waals surface area contributed by atoms with Gasteiger partial charge in [0.2, 0.25) is 0 Å². The van der Waals surface area contributed by atoms with Gasteiger partial charge in [0, 0.05) is 12.1 Å². The zero-order valence-corrected chi connectivity index (χ0v) is 8.33. The van der Waals surface area contributed by atoms with Crippen molar-refractivity contribution in [1.82, 2.24) is 5.32 Å². The van der Waals surface area contributed by atoms with E-state index in [1.54, 1.807) is 0 Å². The van der Waals surface area contributed by atoms with Gasteiger partial charge in [-0.1, -0.05) is 20.3 Å². The third-order valence-electron chi connectivity index (χ3n) is 2.70. The second kappa shape index (κ2) is 2.78. The van der Waals surface area contributed by atoms with Crippen LogP contribution in [0.3, 0.4) is 0 Å². The minimum absolute atomic E-state index is 0.369. The van der Waals surface area contributed by atoms with E-state index in [9.17, 15) is 0 Å². The molecule has 1 aliphatic heterocycles. The molecular formula is C10H21N. The fourth-order valence-corrected chi connectivity index (χ4v) is 1.66. The van der Waals surface area contributed by atoms with Crippen molar-refractivity contribution >= 4 is 0 Å². The standard InChI is InChI=1S/C10H21N/c1-9(2)6-5-7-10(3,4)11-8-9/h11H,5-8H2,1-4H3. The van der Waals surface area contributed by atoms with Gasteiger partial charge in [-0.3, -0.25) is 0 Å². The smallest absolute Gasteiger partial charge is 0.0125 e. The van der Waals surface area contributed by atoms with Crippen LogP contribution < -0.4 is 5.32 Å². The van der Waals surface area contributed by atoms with Crippen LogP contribution in [0.15, 0.2) is 0 Å². The Bertz CT molecular complexity index is 120. The van der Waals surface area contributed by atoms with Crippen molar-refractivity contribution in [3.63, 3.8) is 0 Å². The maximum Gasteiger partial charge on any atom is 0.0125 e. The largest absolute Gasteiger partial charge is 0.311 e. The molecule has 0 aliphatic carbocycles. The van der Waals surface area contributed by atoms with Gasteiger partial charge in [0.15, 0.2) is 0 Å². The van der Waals surface area contributed by atoms with Crippen molar-refractivity contribution in [3.05, 3.63) is 0 Å². The molecule has 0 aromatic heterocycles. The third-order valence-corrected chi connectivity index (χ3v) is 2.70. The van der Waals surface area contributed by atoms with E-state index in [4.69, 9.17) is 0 Å². The van der Waals surface area contributed by atoms with Crippen molar-refractivity contribution in [2.24, 2.45) is 5.41 Å². The van der Waals surface area contributed by atoms with Gasteiger partial charge < -0.3 is 5.32 Å². The Morgan fingerprint density at radius 2 is 1.64 bits per heavy atom. The Hall–Kier alpha value is -0.0400. The van der Waals surface area contributed by atoms with Crippen LogP contribution in [-0.2, 0) is 0 Å². The highest BCUT2D eigenvalue weighted by molar-refractivity contribution is 4.86. The van der Waals surface area contributed by atoms with Gasteiger partial charge in [0.05, 0.1) is 0 Å². The predicted octanol–water partition coefficient (Wildman–Crippen LogP) is 2.56. The molecule has 66 valence electrons. The molecule has 1 saturated heterocycles. The summed E-state index contributed by atoms with van der Waals surface area (Å²) in [7, 11) is 0. The lowest BCUT2D eigenvalue weighted by Gasteiger charge is -2.27. The van der Waals surface area contributed by atoms with Gasteiger partial charge in [-0.15, -0.1) is 0 Å². The van der Waals surface area contributed by atoms with Crippen LogP contribution in [0, 0.1) is 5.41 Å². The molecular weight excluding hydrogens is 134 g/mol. The van der Waals surface area contributed by atoms with Crippen molar-refractivity contribution in [3.8, 4) is 0 Å². The predicted molar refractivity (Wildman–Crippen MR) is 49.7 cm³/mol. The molecule has 0 atom stereocenters. The molecule has 0 bridgehead atoms. The van der Waals surface area contributed by atoms with Crippen LogP contribution in [0.1, 0.15) is 47.0 Å². The van der Waals surface area contributed by atoms with E-state index >= 15 is 0 Å². The first kappa shape index (κ1) is 9.05. The first-order valence-corrected chi connectivity index (χ1v) is 4.66. The lowest BCUT2D eigenvalue weighted by molar-refractivity contribution is 0.311. The fraction of sp³-hybridized carbons (Fsp3) is 1.00. The Kier molecular flexibility index (Phi) is 2.29. The van der Waals surface area contributed by atoms with Crippen LogP contribution in [0.25, 0.3) is 0 Å². The van der Waals surface area contributed by atoms with Gasteiger partial charge in [0.25, 0.3) is 0 Å². The summed E-state index contributed by atoms with van der Waals surface area (Å²) in [4.78, 5) is 0. The number of nitrogens with one attached hydrogen (secondary N) is 1. The average molecular weight is 155 g/mol. The monoisotopic (exact) mass is 155 g/mol. The fourth-order valence-electron chi connectivity index (χ4n) is 1.66. The Labute approximate surface area is 70.6 Å². The summed E-state index contributed by atoms with van der Waals surface area (Å²) in [5, 5.41) is 3.61. The van der Waals surface area contributed by atoms with Gasteiger partial charge in [-0.25, -0.2) is 0 Å². The molecule has 1 heteroatoms. The molecule has 0 unspecified atom stereocenters. The van der Waals surface area contributed by atoms with Gasteiger partial charge >= 0.3 is 0 Å². The molecule has 1 heterocycles. The van der Waals surface area contributed by atoms with E-state index in [0.717, 1.165) is 0 Å². The van der Waals surface area contributed by atoms with Crippen LogP contribution in [0.5, 0.6) is 0 Å². The Morgan fingerprint density at radius 1 is 1.00 bits per heavy atom. The zero-order chi connectivity index (χ0) is 8.54. The molecule has 0 radical (unpaired) electrons.